The Hall–Kier alpha value is -1.81. The van der Waals surface area contributed by atoms with Crippen LogP contribution >= 0.6 is 0 Å². The van der Waals surface area contributed by atoms with Crippen molar-refractivity contribution in [2.75, 3.05) is 13.1 Å². The van der Waals surface area contributed by atoms with Gasteiger partial charge in [0.05, 0.1) is 6.04 Å². The Bertz CT molecular complexity index is 576. The Morgan fingerprint density at radius 1 is 1.35 bits per heavy atom. The number of carbonyl (C=O) groups is 1. The maximum absolute atomic E-state index is 12.3. The van der Waals surface area contributed by atoms with Crippen LogP contribution in [0.25, 0.3) is 10.9 Å². The van der Waals surface area contributed by atoms with Crippen molar-refractivity contribution in [3.8, 4) is 0 Å². The van der Waals surface area contributed by atoms with Crippen molar-refractivity contribution in [3.05, 3.63) is 36.0 Å². The molecule has 0 unspecified atom stereocenters. The first-order valence-electron chi connectivity index (χ1n) is 7.26. The third-order valence-corrected chi connectivity index (χ3v) is 3.62. The number of hydrogen-bond donors (Lipinski definition) is 2. The van der Waals surface area contributed by atoms with Crippen LogP contribution in [-0.2, 0) is 11.2 Å². The number of carbonyl (C=O) groups excluding carboxylic acids is 1. The average molecular weight is 273 g/mol. The molecule has 1 aromatic heterocycles. The van der Waals surface area contributed by atoms with Crippen molar-refractivity contribution in [1.29, 1.82) is 0 Å². The van der Waals surface area contributed by atoms with E-state index in [4.69, 9.17) is 5.73 Å². The van der Waals surface area contributed by atoms with Crippen LogP contribution in [0.4, 0.5) is 0 Å². The Labute approximate surface area is 120 Å². The number of nitrogens with two attached hydrogens (primary N) is 1. The predicted octanol–water partition coefficient (Wildman–Crippen LogP) is 2.30. The van der Waals surface area contributed by atoms with E-state index in [2.05, 4.69) is 18.0 Å². The van der Waals surface area contributed by atoms with Crippen molar-refractivity contribution in [2.45, 2.75) is 32.7 Å². The van der Waals surface area contributed by atoms with Gasteiger partial charge in [-0.25, -0.2) is 0 Å². The first-order valence-corrected chi connectivity index (χ1v) is 7.26. The molecule has 4 heteroatoms. The van der Waals surface area contributed by atoms with Crippen molar-refractivity contribution >= 4 is 16.8 Å². The zero-order valence-corrected chi connectivity index (χ0v) is 12.2. The lowest BCUT2D eigenvalue weighted by atomic mass is 10.0. The third kappa shape index (κ3) is 3.02. The van der Waals surface area contributed by atoms with Crippen molar-refractivity contribution in [1.82, 2.24) is 9.88 Å². The highest BCUT2D eigenvalue weighted by Gasteiger charge is 2.20. The maximum Gasteiger partial charge on any atom is 0.239 e. The number of aromatic amines is 1. The van der Waals surface area contributed by atoms with E-state index in [-0.39, 0.29) is 5.91 Å². The minimum Gasteiger partial charge on any atom is -0.361 e. The number of nitrogens with one attached hydrogen (secondary N) is 1. The fourth-order valence-electron chi connectivity index (χ4n) is 2.55. The molecule has 0 saturated carbocycles. The Kier molecular flexibility index (Phi) is 4.79. The summed E-state index contributed by atoms with van der Waals surface area (Å²) in [6.45, 7) is 5.55. The fraction of sp³-hybridized carbons (Fsp3) is 0.438. The lowest BCUT2D eigenvalue weighted by Crippen LogP contribution is -2.45. The van der Waals surface area contributed by atoms with Gasteiger partial charge in [-0.2, -0.15) is 0 Å². The average Bonchev–Trinajstić information content (AvgIpc) is 2.87. The van der Waals surface area contributed by atoms with Gasteiger partial charge in [-0.1, -0.05) is 25.1 Å². The second kappa shape index (κ2) is 6.57. The first-order chi connectivity index (χ1) is 9.67. The topological polar surface area (TPSA) is 62.1 Å². The summed E-state index contributed by atoms with van der Waals surface area (Å²) >= 11 is 0. The summed E-state index contributed by atoms with van der Waals surface area (Å²) < 4.78 is 0. The number of para-hydroxylation sites is 1. The minimum absolute atomic E-state index is 0.0413. The molecule has 0 aliphatic rings. The van der Waals surface area contributed by atoms with Crippen LogP contribution in [0.15, 0.2) is 30.5 Å². The van der Waals surface area contributed by atoms with E-state index < -0.39 is 6.04 Å². The van der Waals surface area contributed by atoms with E-state index in [0.29, 0.717) is 13.0 Å². The van der Waals surface area contributed by atoms with Gasteiger partial charge >= 0.3 is 0 Å². The molecule has 0 fully saturated rings. The first kappa shape index (κ1) is 14.6. The predicted molar refractivity (Wildman–Crippen MR) is 82.5 cm³/mol. The molecule has 1 atom stereocenters. The lowest BCUT2D eigenvalue weighted by molar-refractivity contribution is -0.132. The van der Waals surface area contributed by atoms with Gasteiger partial charge in [0.15, 0.2) is 0 Å². The Morgan fingerprint density at radius 3 is 2.80 bits per heavy atom. The molecular formula is C16H23N3O. The minimum atomic E-state index is -0.472. The Balaban J connectivity index is 2.11. The molecule has 3 N–H and O–H groups in total. The molecule has 2 aromatic rings. The summed E-state index contributed by atoms with van der Waals surface area (Å²) in [7, 11) is 0. The molecule has 0 aliphatic carbocycles. The SMILES string of the molecule is CCCN(CC)C(=O)[C@H](N)Cc1c[nH]c2ccccc12. The number of amides is 1. The molecule has 0 bridgehead atoms. The summed E-state index contributed by atoms with van der Waals surface area (Å²) in [4.78, 5) is 17.4. The number of nitrogens with zero attached hydrogens (tertiary/aromatic N) is 1. The molecule has 2 rings (SSSR count). The van der Waals surface area contributed by atoms with E-state index in [0.717, 1.165) is 29.4 Å². The monoisotopic (exact) mass is 273 g/mol. The van der Waals surface area contributed by atoms with Gasteiger partial charge in [-0.05, 0) is 31.4 Å². The largest absolute Gasteiger partial charge is 0.361 e. The summed E-state index contributed by atoms with van der Waals surface area (Å²) in [5, 5.41) is 1.15. The fourth-order valence-corrected chi connectivity index (χ4v) is 2.55. The number of aromatic nitrogens is 1. The van der Waals surface area contributed by atoms with Crippen molar-refractivity contribution in [3.63, 3.8) is 0 Å². The van der Waals surface area contributed by atoms with Gasteiger partial charge in [0, 0.05) is 30.2 Å². The molecule has 0 saturated heterocycles. The number of fused-ring (bicyclic) bond motifs is 1. The normalized spacial score (nSPS) is 12.6. The molecule has 0 radical (unpaired) electrons. The van der Waals surface area contributed by atoms with Crippen LogP contribution in [0.3, 0.4) is 0 Å². The van der Waals surface area contributed by atoms with Gasteiger partial charge in [-0.3, -0.25) is 4.79 Å². The van der Waals surface area contributed by atoms with Gasteiger partial charge in [0.1, 0.15) is 0 Å². The number of hydrogen-bond acceptors (Lipinski definition) is 2. The van der Waals surface area contributed by atoms with Gasteiger partial charge in [0.25, 0.3) is 0 Å². The van der Waals surface area contributed by atoms with Crippen LogP contribution in [0.5, 0.6) is 0 Å². The van der Waals surface area contributed by atoms with Crippen LogP contribution in [0.1, 0.15) is 25.8 Å². The van der Waals surface area contributed by atoms with Crippen molar-refractivity contribution < 1.29 is 4.79 Å². The molecule has 1 amide bonds. The second-order valence-corrected chi connectivity index (χ2v) is 5.09. The Morgan fingerprint density at radius 2 is 2.10 bits per heavy atom. The summed E-state index contributed by atoms with van der Waals surface area (Å²) in [6.07, 6.45) is 3.48. The van der Waals surface area contributed by atoms with Crippen molar-refractivity contribution in [2.24, 2.45) is 5.73 Å². The number of H-pyrrole nitrogens is 1. The van der Waals surface area contributed by atoms with E-state index >= 15 is 0 Å². The summed E-state index contributed by atoms with van der Waals surface area (Å²) in [6, 6.07) is 7.61. The van der Waals surface area contributed by atoms with E-state index in [9.17, 15) is 4.79 Å². The van der Waals surface area contributed by atoms with Crippen LogP contribution in [0, 0.1) is 0 Å². The molecule has 0 aliphatic heterocycles. The highest BCUT2D eigenvalue weighted by molar-refractivity contribution is 5.86. The molecule has 1 aromatic carbocycles. The molecular weight excluding hydrogens is 250 g/mol. The van der Waals surface area contributed by atoms with E-state index in [1.54, 1.807) is 0 Å². The maximum atomic E-state index is 12.3. The zero-order chi connectivity index (χ0) is 14.5. The third-order valence-electron chi connectivity index (χ3n) is 3.62. The van der Waals surface area contributed by atoms with Crippen LogP contribution in [-0.4, -0.2) is 34.9 Å². The van der Waals surface area contributed by atoms with Gasteiger partial charge in [-0.15, -0.1) is 0 Å². The number of benzene rings is 1. The zero-order valence-electron chi connectivity index (χ0n) is 12.2. The second-order valence-electron chi connectivity index (χ2n) is 5.09. The molecule has 108 valence electrons. The van der Waals surface area contributed by atoms with E-state index in [1.165, 1.54) is 0 Å². The van der Waals surface area contributed by atoms with Crippen LogP contribution in [0.2, 0.25) is 0 Å². The van der Waals surface area contributed by atoms with Gasteiger partial charge in [0.2, 0.25) is 5.91 Å². The smallest absolute Gasteiger partial charge is 0.239 e. The molecule has 1 heterocycles. The number of likely N-dealkylation sites (N-methyl/N-ethyl adjacent to an activating group) is 1. The standard InChI is InChI=1S/C16H23N3O/c1-3-9-19(4-2)16(20)14(17)10-12-11-18-15-8-6-5-7-13(12)15/h5-8,11,14,18H,3-4,9-10,17H2,1-2H3/t14-/m1/s1. The van der Waals surface area contributed by atoms with E-state index in [1.807, 2.05) is 36.2 Å². The highest BCUT2D eigenvalue weighted by atomic mass is 16.2. The quantitative estimate of drug-likeness (QED) is 0.848. The number of rotatable bonds is 6. The molecule has 4 nitrogen and oxygen atoms in total. The summed E-state index contributed by atoms with van der Waals surface area (Å²) in [5.74, 6) is 0.0413. The van der Waals surface area contributed by atoms with Crippen LogP contribution < -0.4 is 5.73 Å². The highest BCUT2D eigenvalue weighted by Crippen LogP contribution is 2.19. The lowest BCUT2D eigenvalue weighted by Gasteiger charge is -2.23. The molecule has 0 spiro atoms. The molecule has 20 heavy (non-hydrogen) atoms. The summed E-state index contributed by atoms with van der Waals surface area (Å²) in [5.41, 5.74) is 8.29. The van der Waals surface area contributed by atoms with Gasteiger partial charge < -0.3 is 15.6 Å².